The summed E-state index contributed by atoms with van der Waals surface area (Å²) in [4.78, 5) is 0. The van der Waals surface area contributed by atoms with Crippen molar-refractivity contribution in [3.8, 4) is 5.69 Å². The minimum Gasteiger partial charge on any atom is -0.234 e. The Morgan fingerprint density at radius 3 is 1.96 bits per heavy atom. The fourth-order valence-corrected chi connectivity index (χ4v) is 3.76. The van der Waals surface area contributed by atoms with Crippen LogP contribution in [0.3, 0.4) is 0 Å². The van der Waals surface area contributed by atoms with Gasteiger partial charge in [-0.25, -0.2) is 4.57 Å². The second-order valence-corrected chi connectivity index (χ2v) is 7.55. The van der Waals surface area contributed by atoms with Gasteiger partial charge in [-0.2, -0.15) is 4.57 Å². The van der Waals surface area contributed by atoms with Crippen molar-refractivity contribution in [2.75, 3.05) is 0 Å². The average molecular weight is 356 g/mol. The lowest BCUT2D eigenvalue weighted by Gasteiger charge is -2.05. The SMILES string of the molecule is CCCCCCCCCCCCc1n(-c2ccccc2)cc[n+]1CCC. The highest BCUT2D eigenvalue weighted by atomic mass is 15.1. The third-order valence-corrected chi connectivity index (χ3v) is 5.26. The summed E-state index contributed by atoms with van der Waals surface area (Å²) in [7, 11) is 0. The smallest absolute Gasteiger partial charge is 0.234 e. The van der Waals surface area contributed by atoms with Gasteiger partial charge in [0.15, 0.2) is 0 Å². The van der Waals surface area contributed by atoms with Crippen LogP contribution in [-0.2, 0) is 13.0 Å². The normalized spacial score (nSPS) is 11.2. The molecular formula is C24H39N2+. The van der Waals surface area contributed by atoms with E-state index in [-0.39, 0.29) is 0 Å². The summed E-state index contributed by atoms with van der Waals surface area (Å²) in [5.74, 6) is 1.46. The van der Waals surface area contributed by atoms with Crippen molar-refractivity contribution in [2.45, 2.75) is 97.4 Å². The maximum atomic E-state index is 2.45. The number of nitrogens with zero attached hydrogens (tertiary/aromatic N) is 2. The monoisotopic (exact) mass is 355 g/mol. The molecule has 0 aliphatic carbocycles. The van der Waals surface area contributed by atoms with Crippen LogP contribution >= 0.6 is 0 Å². The molecule has 2 heteroatoms. The fourth-order valence-electron chi connectivity index (χ4n) is 3.76. The van der Waals surface area contributed by atoms with Gasteiger partial charge in [0.25, 0.3) is 5.82 Å². The van der Waals surface area contributed by atoms with Crippen molar-refractivity contribution in [2.24, 2.45) is 0 Å². The number of hydrogen-bond donors (Lipinski definition) is 0. The Kier molecular flexibility index (Phi) is 10.2. The third-order valence-electron chi connectivity index (χ3n) is 5.26. The average Bonchev–Trinajstić information content (AvgIpc) is 3.07. The lowest BCUT2D eigenvalue weighted by Crippen LogP contribution is -2.36. The Labute approximate surface area is 161 Å². The summed E-state index contributed by atoms with van der Waals surface area (Å²) in [6.45, 7) is 5.67. The number of rotatable bonds is 14. The van der Waals surface area contributed by atoms with Crippen molar-refractivity contribution in [3.05, 3.63) is 48.5 Å². The summed E-state index contributed by atoms with van der Waals surface area (Å²) in [6, 6.07) is 10.8. The molecular weight excluding hydrogens is 316 g/mol. The van der Waals surface area contributed by atoms with Gasteiger partial charge >= 0.3 is 0 Å². The Morgan fingerprint density at radius 1 is 0.731 bits per heavy atom. The molecule has 1 aromatic carbocycles. The highest BCUT2D eigenvalue weighted by Crippen LogP contribution is 2.14. The lowest BCUT2D eigenvalue weighted by atomic mass is 10.1. The number of aromatic nitrogens is 2. The van der Waals surface area contributed by atoms with Gasteiger partial charge in [0.1, 0.15) is 18.1 Å². The predicted molar refractivity (Wildman–Crippen MR) is 112 cm³/mol. The molecule has 0 unspecified atom stereocenters. The molecule has 0 saturated carbocycles. The first kappa shape index (κ1) is 20.7. The van der Waals surface area contributed by atoms with Crippen molar-refractivity contribution in [1.82, 2.24) is 4.57 Å². The molecule has 26 heavy (non-hydrogen) atoms. The molecule has 0 saturated heterocycles. The van der Waals surface area contributed by atoms with Crippen molar-refractivity contribution < 1.29 is 4.57 Å². The van der Waals surface area contributed by atoms with Crippen LogP contribution in [0.4, 0.5) is 0 Å². The molecule has 144 valence electrons. The van der Waals surface area contributed by atoms with Crippen LogP contribution in [0.2, 0.25) is 0 Å². The Bertz CT molecular complexity index is 586. The maximum Gasteiger partial charge on any atom is 0.261 e. The van der Waals surface area contributed by atoms with E-state index >= 15 is 0 Å². The highest BCUT2D eigenvalue weighted by molar-refractivity contribution is 5.31. The predicted octanol–water partition coefficient (Wildman–Crippen LogP) is 6.64. The number of hydrogen-bond acceptors (Lipinski definition) is 0. The quantitative estimate of drug-likeness (QED) is 0.265. The van der Waals surface area contributed by atoms with Gasteiger partial charge in [-0.3, -0.25) is 0 Å². The zero-order valence-electron chi connectivity index (χ0n) is 17.1. The van der Waals surface area contributed by atoms with E-state index in [0.717, 1.165) is 6.54 Å². The van der Waals surface area contributed by atoms with Gasteiger partial charge in [0, 0.05) is 6.42 Å². The molecule has 0 bridgehead atoms. The molecule has 1 aromatic heterocycles. The third kappa shape index (κ3) is 6.97. The summed E-state index contributed by atoms with van der Waals surface area (Å²) in [6.07, 6.45) is 20.8. The van der Waals surface area contributed by atoms with Gasteiger partial charge in [0.05, 0.1) is 6.54 Å². The van der Waals surface area contributed by atoms with Gasteiger partial charge in [0.2, 0.25) is 0 Å². The highest BCUT2D eigenvalue weighted by Gasteiger charge is 2.17. The Hall–Kier alpha value is -1.57. The Balaban J connectivity index is 1.75. The largest absolute Gasteiger partial charge is 0.261 e. The summed E-state index contributed by atoms with van der Waals surface area (Å²) in [5, 5.41) is 0. The van der Waals surface area contributed by atoms with Crippen molar-refractivity contribution >= 4 is 0 Å². The summed E-state index contributed by atoms with van der Waals surface area (Å²) < 4.78 is 4.82. The molecule has 0 aliphatic heterocycles. The minimum absolute atomic E-state index is 1.12. The van der Waals surface area contributed by atoms with Gasteiger partial charge < -0.3 is 0 Å². The second kappa shape index (κ2) is 12.7. The number of aryl methyl sites for hydroxylation is 1. The van der Waals surface area contributed by atoms with Gasteiger partial charge in [-0.15, -0.1) is 0 Å². The lowest BCUT2D eigenvalue weighted by molar-refractivity contribution is -0.703. The molecule has 0 radical (unpaired) electrons. The summed E-state index contributed by atoms with van der Waals surface area (Å²) in [5.41, 5.74) is 1.28. The topological polar surface area (TPSA) is 8.81 Å². The van der Waals surface area contributed by atoms with Gasteiger partial charge in [-0.1, -0.05) is 89.8 Å². The van der Waals surface area contributed by atoms with E-state index in [1.807, 2.05) is 0 Å². The van der Waals surface area contributed by atoms with Crippen molar-refractivity contribution in [1.29, 1.82) is 0 Å². The first-order valence-corrected chi connectivity index (χ1v) is 11.0. The molecule has 0 fully saturated rings. The molecule has 1 heterocycles. The van der Waals surface area contributed by atoms with E-state index in [2.05, 4.69) is 65.7 Å². The molecule has 2 aromatic rings. The Morgan fingerprint density at radius 2 is 1.35 bits per heavy atom. The molecule has 0 N–H and O–H groups in total. The number of imidazole rings is 1. The maximum absolute atomic E-state index is 2.45. The van der Waals surface area contributed by atoms with Crippen LogP contribution in [0, 0.1) is 0 Å². The molecule has 2 nitrogen and oxygen atoms in total. The first-order valence-electron chi connectivity index (χ1n) is 11.0. The first-order chi connectivity index (χ1) is 12.9. The van der Waals surface area contributed by atoms with Crippen LogP contribution in [0.5, 0.6) is 0 Å². The molecule has 0 aliphatic rings. The molecule has 2 rings (SSSR count). The fraction of sp³-hybridized carbons (Fsp3) is 0.625. The van der Waals surface area contributed by atoms with Crippen molar-refractivity contribution in [3.63, 3.8) is 0 Å². The van der Waals surface area contributed by atoms with Gasteiger partial charge in [-0.05, 0) is 25.0 Å². The zero-order valence-corrected chi connectivity index (χ0v) is 17.1. The van der Waals surface area contributed by atoms with E-state index in [9.17, 15) is 0 Å². The molecule has 0 atom stereocenters. The molecule has 0 spiro atoms. The van der Waals surface area contributed by atoms with Crippen LogP contribution in [-0.4, -0.2) is 4.57 Å². The van der Waals surface area contributed by atoms with E-state index in [0.29, 0.717) is 0 Å². The van der Waals surface area contributed by atoms with E-state index in [1.165, 1.54) is 88.6 Å². The molecule has 0 amide bonds. The van der Waals surface area contributed by atoms with Crippen LogP contribution in [0.15, 0.2) is 42.7 Å². The van der Waals surface area contributed by atoms with E-state index < -0.39 is 0 Å². The van der Waals surface area contributed by atoms with Crippen LogP contribution in [0.25, 0.3) is 5.69 Å². The zero-order chi connectivity index (χ0) is 18.5. The number of unbranched alkanes of at least 4 members (excludes halogenated alkanes) is 9. The van der Waals surface area contributed by atoms with Crippen LogP contribution < -0.4 is 4.57 Å². The number of benzene rings is 1. The minimum atomic E-state index is 1.12. The summed E-state index contributed by atoms with van der Waals surface area (Å²) >= 11 is 0. The van der Waals surface area contributed by atoms with E-state index in [4.69, 9.17) is 0 Å². The second-order valence-electron chi connectivity index (χ2n) is 7.55. The number of para-hydroxylation sites is 1. The van der Waals surface area contributed by atoms with E-state index in [1.54, 1.807) is 0 Å². The standard InChI is InChI=1S/C24H39N2/c1-3-5-6-7-8-9-10-11-12-16-19-24-25(20-4-2)21-22-26(24)23-17-14-13-15-18-23/h13-15,17-18,21-22H,3-12,16,19-20H2,1-2H3/q+1. The van der Waals surface area contributed by atoms with Crippen LogP contribution in [0.1, 0.15) is 90.3 Å².